The number of aromatic nitrogens is 2. The lowest BCUT2D eigenvalue weighted by Gasteiger charge is -2.15. The fourth-order valence-electron chi connectivity index (χ4n) is 2.81. The molecule has 134 valence electrons. The minimum Gasteiger partial charge on any atom is -0.294 e. The van der Waals surface area contributed by atoms with E-state index in [2.05, 4.69) is 14.7 Å². The highest BCUT2D eigenvalue weighted by Crippen LogP contribution is 2.31. The van der Waals surface area contributed by atoms with Crippen molar-refractivity contribution in [3.8, 4) is 0 Å². The topological polar surface area (TPSA) is 92.3 Å². The fraction of sp³-hybridized carbons (Fsp3) is 0.188. The Labute approximate surface area is 158 Å². The van der Waals surface area contributed by atoms with Crippen LogP contribution in [0.5, 0.6) is 0 Å². The second kappa shape index (κ2) is 6.58. The van der Waals surface area contributed by atoms with E-state index in [4.69, 9.17) is 11.6 Å². The molecule has 0 unspecified atom stereocenters. The van der Waals surface area contributed by atoms with Gasteiger partial charge < -0.3 is 0 Å². The van der Waals surface area contributed by atoms with Gasteiger partial charge in [-0.25, -0.2) is 13.4 Å². The number of fused-ring (bicyclic) bond motifs is 1. The standard InChI is InChI=1S/C16H13ClN4O3S2/c17-11-2-1-10-7-15(25-13(10)8-11)26(23,24)20-12-3-6-21(16(12)22)14-9-18-4-5-19-14/h1-2,4-5,7-9,12,20H,3,6H2/t12-/m0/s1. The Morgan fingerprint density at radius 3 is 2.88 bits per heavy atom. The van der Waals surface area contributed by atoms with E-state index < -0.39 is 16.1 Å². The van der Waals surface area contributed by atoms with Gasteiger partial charge in [0, 0.05) is 28.7 Å². The summed E-state index contributed by atoms with van der Waals surface area (Å²) in [6, 6.07) is 5.95. The third-order valence-corrected chi connectivity index (χ3v) is 7.33. The maximum absolute atomic E-state index is 12.7. The van der Waals surface area contributed by atoms with Gasteiger partial charge in [0.05, 0.1) is 6.20 Å². The second-order valence-corrected chi connectivity index (χ2v) is 9.22. The molecule has 2 aromatic heterocycles. The summed E-state index contributed by atoms with van der Waals surface area (Å²) in [6.45, 7) is 0.382. The minimum atomic E-state index is -3.82. The highest BCUT2D eigenvalue weighted by atomic mass is 35.5. The van der Waals surface area contributed by atoms with E-state index in [1.165, 1.54) is 23.5 Å². The molecule has 4 rings (SSSR count). The van der Waals surface area contributed by atoms with Crippen LogP contribution < -0.4 is 9.62 Å². The molecule has 0 spiro atoms. The maximum atomic E-state index is 12.7. The van der Waals surface area contributed by atoms with Gasteiger partial charge in [0.25, 0.3) is 10.0 Å². The number of rotatable bonds is 4. The van der Waals surface area contributed by atoms with E-state index >= 15 is 0 Å². The number of sulfonamides is 1. The molecule has 3 aromatic rings. The molecule has 26 heavy (non-hydrogen) atoms. The molecule has 1 saturated heterocycles. The number of nitrogens with one attached hydrogen (secondary N) is 1. The first-order valence-corrected chi connectivity index (χ1v) is 10.4. The first kappa shape index (κ1) is 17.3. The van der Waals surface area contributed by atoms with Crippen molar-refractivity contribution in [3.63, 3.8) is 0 Å². The summed E-state index contributed by atoms with van der Waals surface area (Å²) in [5.74, 6) is 0.0777. The summed E-state index contributed by atoms with van der Waals surface area (Å²) in [5.41, 5.74) is 0. The second-order valence-electron chi connectivity index (χ2n) is 5.76. The Hall–Kier alpha value is -2.07. The zero-order valence-electron chi connectivity index (χ0n) is 13.3. The number of halogens is 1. The van der Waals surface area contributed by atoms with E-state index in [0.29, 0.717) is 23.8 Å². The number of nitrogens with zero attached hydrogens (tertiary/aromatic N) is 3. The summed E-state index contributed by atoms with van der Waals surface area (Å²) < 4.78 is 28.8. The number of amides is 1. The monoisotopic (exact) mass is 408 g/mol. The first-order chi connectivity index (χ1) is 12.4. The van der Waals surface area contributed by atoms with Crippen LogP contribution in [0.4, 0.5) is 5.82 Å². The molecule has 1 N–H and O–H groups in total. The van der Waals surface area contributed by atoms with Crippen LogP contribution >= 0.6 is 22.9 Å². The van der Waals surface area contributed by atoms with E-state index in [1.807, 2.05) is 0 Å². The molecule has 10 heteroatoms. The number of carbonyl (C=O) groups is 1. The zero-order valence-corrected chi connectivity index (χ0v) is 15.7. The quantitative estimate of drug-likeness (QED) is 0.715. The summed E-state index contributed by atoms with van der Waals surface area (Å²) in [7, 11) is -3.82. The molecule has 3 heterocycles. The highest BCUT2D eigenvalue weighted by Gasteiger charge is 2.36. The van der Waals surface area contributed by atoms with Gasteiger partial charge >= 0.3 is 0 Å². The van der Waals surface area contributed by atoms with E-state index in [9.17, 15) is 13.2 Å². The molecule has 0 saturated carbocycles. The van der Waals surface area contributed by atoms with Gasteiger partial charge in [-0.2, -0.15) is 4.72 Å². The van der Waals surface area contributed by atoms with Gasteiger partial charge in [-0.15, -0.1) is 11.3 Å². The summed E-state index contributed by atoms with van der Waals surface area (Å²) in [4.78, 5) is 22.0. The van der Waals surface area contributed by atoms with Crippen molar-refractivity contribution in [2.45, 2.75) is 16.7 Å². The average molecular weight is 409 g/mol. The van der Waals surface area contributed by atoms with Gasteiger partial charge in [0.2, 0.25) is 5.91 Å². The Morgan fingerprint density at radius 2 is 2.12 bits per heavy atom. The van der Waals surface area contributed by atoms with Gasteiger partial charge in [-0.05, 0) is 30.0 Å². The minimum absolute atomic E-state index is 0.153. The molecule has 0 aliphatic carbocycles. The van der Waals surface area contributed by atoms with E-state index in [0.717, 1.165) is 21.4 Å². The third kappa shape index (κ3) is 3.18. The molecule has 1 fully saturated rings. The number of hydrogen-bond donors (Lipinski definition) is 1. The number of carbonyl (C=O) groups excluding carboxylic acids is 1. The van der Waals surface area contributed by atoms with E-state index in [-0.39, 0.29) is 10.1 Å². The van der Waals surface area contributed by atoms with Crippen LogP contribution in [-0.4, -0.2) is 36.9 Å². The molecular weight excluding hydrogens is 396 g/mol. The van der Waals surface area contributed by atoms with Crippen LogP contribution in [0.25, 0.3) is 10.1 Å². The normalized spacial score (nSPS) is 18.0. The van der Waals surface area contributed by atoms with Gasteiger partial charge in [0.1, 0.15) is 10.3 Å². The summed E-state index contributed by atoms with van der Waals surface area (Å²) in [6.07, 6.45) is 4.84. The molecule has 1 aromatic carbocycles. The number of anilines is 1. The fourth-order valence-corrected chi connectivity index (χ4v) is 5.72. The van der Waals surface area contributed by atoms with Gasteiger partial charge in [0.15, 0.2) is 5.82 Å². The van der Waals surface area contributed by atoms with Crippen LogP contribution in [0.2, 0.25) is 5.02 Å². The first-order valence-electron chi connectivity index (χ1n) is 7.73. The lowest BCUT2D eigenvalue weighted by atomic mass is 10.3. The maximum Gasteiger partial charge on any atom is 0.250 e. The van der Waals surface area contributed by atoms with Crippen LogP contribution in [0.15, 0.2) is 47.1 Å². The molecule has 1 aliphatic rings. The lowest BCUT2D eigenvalue weighted by molar-refractivity contribution is -0.118. The van der Waals surface area contributed by atoms with Crippen molar-refractivity contribution in [1.82, 2.24) is 14.7 Å². The Bertz CT molecular complexity index is 1090. The number of benzene rings is 1. The van der Waals surface area contributed by atoms with Crippen molar-refractivity contribution in [3.05, 3.63) is 47.9 Å². The van der Waals surface area contributed by atoms with Crippen molar-refractivity contribution in [1.29, 1.82) is 0 Å². The van der Waals surface area contributed by atoms with Crippen LogP contribution in [0, 0.1) is 0 Å². The van der Waals surface area contributed by atoms with E-state index in [1.54, 1.807) is 24.3 Å². The Morgan fingerprint density at radius 1 is 1.27 bits per heavy atom. The van der Waals surface area contributed by atoms with Crippen LogP contribution in [0.3, 0.4) is 0 Å². The van der Waals surface area contributed by atoms with Gasteiger partial charge in [-0.3, -0.25) is 14.7 Å². The van der Waals surface area contributed by atoms with Gasteiger partial charge in [-0.1, -0.05) is 17.7 Å². The predicted octanol–water partition coefficient (Wildman–Crippen LogP) is 2.43. The Kier molecular flexibility index (Phi) is 4.39. The van der Waals surface area contributed by atoms with Crippen LogP contribution in [-0.2, 0) is 14.8 Å². The van der Waals surface area contributed by atoms with Crippen molar-refractivity contribution >= 4 is 54.8 Å². The lowest BCUT2D eigenvalue weighted by Crippen LogP contribution is -2.41. The number of thiophene rings is 1. The molecule has 1 atom stereocenters. The number of hydrogen-bond acceptors (Lipinski definition) is 6. The Balaban J connectivity index is 1.57. The van der Waals surface area contributed by atoms with Crippen LogP contribution in [0.1, 0.15) is 6.42 Å². The molecule has 7 nitrogen and oxygen atoms in total. The third-order valence-electron chi connectivity index (χ3n) is 4.05. The summed E-state index contributed by atoms with van der Waals surface area (Å²) >= 11 is 7.07. The van der Waals surface area contributed by atoms with Crippen molar-refractivity contribution in [2.75, 3.05) is 11.4 Å². The SMILES string of the molecule is O=C1[C@@H](NS(=O)(=O)c2cc3ccc(Cl)cc3s2)CCN1c1cnccn1. The molecule has 1 amide bonds. The highest BCUT2D eigenvalue weighted by molar-refractivity contribution is 7.91. The smallest absolute Gasteiger partial charge is 0.250 e. The largest absolute Gasteiger partial charge is 0.294 e. The average Bonchev–Trinajstić information content (AvgIpc) is 3.20. The molecule has 0 bridgehead atoms. The van der Waals surface area contributed by atoms with Crippen molar-refractivity contribution in [2.24, 2.45) is 0 Å². The molecule has 1 aliphatic heterocycles. The van der Waals surface area contributed by atoms with Crippen molar-refractivity contribution < 1.29 is 13.2 Å². The predicted molar refractivity (Wildman–Crippen MR) is 99.9 cm³/mol. The zero-order chi connectivity index (χ0) is 18.3. The summed E-state index contributed by atoms with van der Waals surface area (Å²) in [5, 5.41) is 1.33. The molecular formula is C16H13ClN4O3S2. The molecule has 0 radical (unpaired) electrons.